The van der Waals surface area contributed by atoms with Gasteiger partial charge in [0.2, 0.25) is 0 Å². The number of benzene rings is 1. The first kappa shape index (κ1) is 14.0. The van der Waals surface area contributed by atoms with E-state index < -0.39 is 0 Å². The minimum atomic E-state index is -0.293. The van der Waals surface area contributed by atoms with Crippen LogP contribution >= 0.6 is 22.6 Å². The molecule has 0 fully saturated rings. The van der Waals surface area contributed by atoms with Crippen LogP contribution in [0.25, 0.3) is 0 Å². The van der Waals surface area contributed by atoms with Crippen molar-refractivity contribution in [3.63, 3.8) is 0 Å². The summed E-state index contributed by atoms with van der Waals surface area (Å²) in [7, 11) is 0. The van der Waals surface area contributed by atoms with Gasteiger partial charge in [0.05, 0.1) is 15.7 Å². The van der Waals surface area contributed by atoms with Gasteiger partial charge in [-0.05, 0) is 54.1 Å². The first-order valence-electron chi connectivity index (χ1n) is 5.31. The summed E-state index contributed by atoms with van der Waals surface area (Å²) in [4.78, 5) is 11.7. The lowest BCUT2D eigenvalue weighted by Gasteiger charge is -2.11. The van der Waals surface area contributed by atoms with Crippen LogP contribution in [0.2, 0.25) is 0 Å². The third-order valence-corrected chi connectivity index (χ3v) is 3.54. The Hall–Kier alpha value is -1.04. The fourth-order valence-electron chi connectivity index (χ4n) is 1.35. The van der Waals surface area contributed by atoms with Crippen LogP contribution in [0.5, 0.6) is 5.75 Å². The molecule has 0 atom stereocenters. The predicted molar refractivity (Wildman–Crippen MR) is 75.5 cm³/mol. The van der Waals surface area contributed by atoms with E-state index in [1.54, 1.807) is 25.1 Å². The van der Waals surface area contributed by atoms with E-state index in [4.69, 9.17) is 9.47 Å². The summed E-state index contributed by atoms with van der Waals surface area (Å²) < 4.78 is 11.4. The number of carbonyl (C=O) groups is 1. The van der Waals surface area contributed by atoms with Crippen LogP contribution in [0.3, 0.4) is 0 Å². The third kappa shape index (κ3) is 3.46. The van der Waals surface area contributed by atoms with Crippen LogP contribution in [-0.4, -0.2) is 19.2 Å². The molecular weight excluding hydrogens is 331 g/mol. The molecule has 0 saturated carbocycles. The van der Waals surface area contributed by atoms with Crippen molar-refractivity contribution in [2.75, 3.05) is 13.2 Å². The van der Waals surface area contributed by atoms with E-state index in [1.807, 2.05) is 6.92 Å². The second-order valence-corrected chi connectivity index (χ2v) is 4.45. The Kier molecular flexibility index (Phi) is 5.47. The molecule has 1 rings (SSSR count). The quantitative estimate of drug-likeness (QED) is 0.466. The molecule has 0 aliphatic rings. The molecular formula is C13H15IO3. The molecule has 0 aliphatic heterocycles. The monoisotopic (exact) mass is 346 g/mol. The van der Waals surface area contributed by atoms with Crippen molar-refractivity contribution in [2.24, 2.45) is 0 Å². The summed E-state index contributed by atoms with van der Waals surface area (Å²) in [5.41, 5.74) is 1.47. The standard InChI is InChI=1S/C13H15IO3/c1-4-8-17-11-7-6-10(9(3)12(11)14)13(15)16-5-2/h4,6-7H,1,5,8H2,2-3H3. The number of hydrogen-bond donors (Lipinski definition) is 0. The molecule has 0 aliphatic carbocycles. The van der Waals surface area contributed by atoms with Crippen LogP contribution in [0, 0.1) is 10.5 Å². The zero-order valence-corrected chi connectivity index (χ0v) is 12.1. The van der Waals surface area contributed by atoms with Gasteiger partial charge in [-0.2, -0.15) is 0 Å². The summed E-state index contributed by atoms with van der Waals surface area (Å²) in [6.45, 7) is 8.10. The highest BCUT2D eigenvalue weighted by atomic mass is 127. The number of rotatable bonds is 5. The highest BCUT2D eigenvalue weighted by Gasteiger charge is 2.14. The average molecular weight is 346 g/mol. The largest absolute Gasteiger partial charge is 0.488 e. The van der Waals surface area contributed by atoms with E-state index in [0.29, 0.717) is 18.8 Å². The highest BCUT2D eigenvalue weighted by Crippen LogP contribution is 2.27. The van der Waals surface area contributed by atoms with E-state index in [1.165, 1.54) is 0 Å². The third-order valence-electron chi connectivity index (χ3n) is 2.20. The van der Waals surface area contributed by atoms with E-state index in [9.17, 15) is 4.79 Å². The summed E-state index contributed by atoms with van der Waals surface area (Å²) in [6, 6.07) is 3.51. The number of halogens is 1. The average Bonchev–Trinajstić information content (AvgIpc) is 2.31. The maximum atomic E-state index is 11.7. The van der Waals surface area contributed by atoms with Crippen LogP contribution in [0.15, 0.2) is 24.8 Å². The Morgan fingerprint density at radius 1 is 1.53 bits per heavy atom. The molecule has 0 unspecified atom stereocenters. The lowest BCUT2D eigenvalue weighted by atomic mass is 10.1. The van der Waals surface area contributed by atoms with Gasteiger partial charge in [0.25, 0.3) is 0 Å². The molecule has 0 aromatic heterocycles. The Morgan fingerprint density at radius 2 is 2.24 bits per heavy atom. The predicted octanol–water partition coefficient (Wildman–Crippen LogP) is 3.34. The molecule has 0 N–H and O–H groups in total. The van der Waals surface area contributed by atoms with Gasteiger partial charge in [-0.1, -0.05) is 12.7 Å². The highest BCUT2D eigenvalue weighted by molar-refractivity contribution is 14.1. The topological polar surface area (TPSA) is 35.5 Å². The Balaban J connectivity index is 3.01. The molecule has 1 aromatic rings. The molecule has 0 spiro atoms. The van der Waals surface area contributed by atoms with Crippen molar-refractivity contribution < 1.29 is 14.3 Å². The normalized spacial score (nSPS) is 9.82. The van der Waals surface area contributed by atoms with Gasteiger partial charge in [0, 0.05) is 0 Å². The summed E-state index contributed by atoms with van der Waals surface area (Å²) >= 11 is 2.16. The van der Waals surface area contributed by atoms with Crippen LogP contribution in [0.1, 0.15) is 22.8 Å². The smallest absolute Gasteiger partial charge is 0.338 e. The molecule has 17 heavy (non-hydrogen) atoms. The number of carbonyl (C=O) groups excluding carboxylic acids is 1. The van der Waals surface area contributed by atoms with Gasteiger partial charge < -0.3 is 9.47 Å². The molecule has 0 bridgehead atoms. The summed E-state index contributed by atoms with van der Waals surface area (Å²) in [5, 5.41) is 0. The van der Waals surface area contributed by atoms with E-state index in [0.717, 1.165) is 14.9 Å². The minimum absolute atomic E-state index is 0.293. The maximum Gasteiger partial charge on any atom is 0.338 e. The lowest BCUT2D eigenvalue weighted by molar-refractivity contribution is 0.0525. The molecule has 0 radical (unpaired) electrons. The first-order chi connectivity index (χ1) is 8.11. The fourth-order valence-corrected chi connectivity index (χ4v) is 1.98. The zero-order valence-electron chi connectivity index (χ0n) is 9.96. The van der Waals surface area contributed by atoms with E-state index in [2.05, 4.69) is 29.2 Å². The van der Waals surface area contributed by atoms with Crippen LogP contribution in [-0.2, 0) is 4.74 Å². The van der Waals surface area contributed by atoms with Gasteiger partial charge in [0.1, 0.15) is 12.4 Å². The van der Waals surface area contributed by atoms with Crippen molar-refractivity contribution >= 4 is 28.6 Å². The first-order valence-corrected chi connectivity index (χ1v) is 6.39. The lowest BCUT2D eigenvalue weighted by Crippen LogP contribution is -2.08. The van der Waals surface area contributed by atoms with Gasteiger partial charge in [-0.3, -0.25) is 0 Å². The molecule has 0 amide bonds. The second-order valence-electron chi connectivity index (χ2n) is 3.37. The maximum absolute atomic E-state index is 11.7. The summed E-state index contributed by atoms with van der Waals surface area (Å²) in [6.07, 6.45) is 1.69. The SMILES string of the molecule is C=CCOc1ccc(C(=O)OCC)c(C)c1I. The number of esters is 1. The van der Waals surface area contributed by atoms with Crippen molar-refractivity contribution in [2.45, 2.75) is 13.8 Å². The Bertz CT molecular complexity index is 427. The molecule has 0 saturated heterocycles. The number of hydrogen-bond acceptors (Lipinski definition) is 3. The van der Waals surface area contributed by atoms with E-state index in [-0.39, 0.29) is 5.97 Å². The van der Waals surface area contributed by atoms with Gasteiger partial charge in [-0.25, -0.2) is 4.79 Å². The van der Waals surface area contributed by atoms with Gasteiger partial charge in [0.15, 0.2) is 0 Å². The Labute approximate surface area is 115 Å². The van der Waals surface area contributed by atoms with Crippen molar-refractivity contribution in [1.29, 1.82) is 0 Å². The van der Waals surface area contributed by atoms with Crippen molar-refractivity contribution in [3.8, 4) is 5.75 Å². The van der Waals surface area contributed by atoms with Crippen LogP contribution < -0.4 is 4.74 Å². The second kappa shape index (κ2) is 6.64. The zero-order chi connectivity index (χ0) is 12.8. The molecule has 92 valence electrons. The molecule has 4 heteroatoms. The van der Waals surface area contributed by atoms with Crippen molar-refractivity contribution in [3.05, 3.63) is 39.5 Å². The Morgan fingerprint density at radius 3 is 2.82 bits per heavy atom. The number of ether oxygens (including phenoxy) is 2. The molecule has 1 aromatic carbocycles. The minimum Gasteiger partial charge on any atom is -0.488 e. The van der Waals surface area contributed by atoms with Gasteiger partial charge >= 0.3 is 5.97 Å². The summed E-state index contributed by atoms with van der Waals surface area (Å²) in [5.74, 6) is 0.467. The molecule has 3 nitrogen and oxygen atoms in total. The van der Waals surface area contributed by atoms with E-state index >= 15 is 0 Å². The van der Waals surface area contributed by atoms with Crippen LogP contribution in [0.4, 0.5) is 0 Å². The molecule has 0 heterocycles. The fraction of sp³-hybridized carbons (Fsp3) is 0.308. The van der Waals surface area contributed by atoms with Gasteiger partial charge in [-0.15, -0.1) is 0 Å². The van der Waals surface area contributed by atoms with Crippen molar-refractivity contribution in [1.82, 2.24) is 0 Å².